The summed E-state index contributed by atoms with van der Waals surface area (Å²) in [6.45, 7) is 0. The molecule has 134 valence electrons. The van der Waals surface area contributed by atoms with Gasteiger partial charge in [-0.3, -0.25) is 10.0 Å². The van der Waals surface area contributed by atoms with Crippen LogP contribution in [0, 0.1) is 0 Å². The average molecular weight is 373 g/mol. The molecule has 0 aliphatic rings. The molecule has 0 aliphatic heterocycles. The predicted molar refractivity (Wildman–Crippen MR) is 82.9 cm³/mol. The molecular formula is C16H14F3NO4S. The van der Waals surface area contributed by atoms with Gasteiger partial charge in [0.1, 0.15) is 0 Å². The summed E-state index contributed by atoms with van der Waals surface area (Å²) in [6.07, 6.45) is -4.78. The number of hydrogen-bond acceptors (Lipinski definition) is 4. The van der Waals surface area contributed by atoms with E-state index in [4.69, 9.17) is 5.21 Å². The van der Waals surface area contributed by atoms with Crippen LogP contribution in [0.15, 0.2) is 53.4 Å². The fourth-order valence-electron chi connectivity index (χ4n) is 2.22. The van der Waals surface area contributed by atoms with Crippen molar-refractivity contribution in [1.29, 1.82) is 0 Å². The highest BCUT2D eigenvalue weighted by atomic mass is 32.2. The monoisotopic (exact) mass is 373 g/mol. The van der Waals surface area contributed by atoms with Crippen LogP contribution in [0.4, 0.5) is 13.2 Å². The number of nitrogens with one attached hydrogen (secondary N) is 1. The first-order valence-electron chi connectivity index (χ1n) is 7.07. The van der Waals surface area contributed by atoms with Crippen LogP contribution in [0.25, 0.3) is 0 Å². The quantitative estimate of drug-likeness (QED) is 0.624. The molecule has 5 nitrogen and oxygen atoms in total. The van der Waals surface area contributed by atoms with E-state index in [0.29, 0.717) is 5.56 Å². The number of hydroxylamine groups is 1. The third-order valence-corrected chi connectivity index (χ3v) is 5.27. The minimum Gasteiger partial charge on any atom is -0.288 e. The van der Waals surface area contributed by atoms with Crippen LogP contribution in [-0.2, 0) is 22.4 Å². The number of alkyl halides is 3. The molecule has 2 N–H and O–H groups in total. The average Bonchev–Trinajstić information content (AvgIpc) is 2.59. The Morgan fingerprint density at radius 2 is 1.64 bits per heavy atom. The Balaban J connectivity index is 2.19. The van der Waals surface area contributed by atoms with Crippen molar-refractivity contribution in [2.75, 3.05) is 5.75 Å². The number of rotatable bonds is 5. The van der Waals surface area contributed by atoms with Crippen LogP contribution in [0.2, 0.25) is 0 Å². The molecule has 1 amide bonds. The van der Waals surface area contributed by atoms with Gasteiger partial charge in [-0.25, -0.2) is 13.9 Å². The Kier molecular flexibility index (Phi) is 5.48. The molecule has 0 fully saturated rings. The zero-order chi connectivity index (χ0) is 18.7. The van der Waals surface area contributed by atoms with Crippen molar-refractivity contribution < 1.29 is 31.6 Å². The zero-order valence-electron chi connectivity index (χ0n) is 12.7. The van der Waals surface area contributed by atoms with E-state index < -0.39 is 38.1 Å². The highest BCUT2D eigenvalue weighted by Crippen LogP contribution is 2.34. The summed E-state index contributed by atoms with van der Waals surface area (Å²) < 4.78 is 63.5. The maximum Gasteiger partial charge on any atom is 0.417 e. The second-order valence-electron chi connectivity index (χ2n) is 5.20. The molecule has 0 radical (unpaired) electrons. The molecule has 0 atom stereocenters. The molecule has 0 spiro atoms. The highest BCUT2D eigenvalue weighted by molar-refractivity contribution is 7.91. The van der Waals surface area contributed by atoms with Gasteiger partial charge < -0.3 is 0 Å². The van der Waals surface area contributed by atoms with Crippen molar-refractivity contribution in [1.82, 2.24) is 5.48 Å². The number of hydrogen-bond donors (Lipinski definition) is 2. The van der Waals surface area contributed by atoms with Gasteiger partial charge in [0.25, 0.3) is 5.91 Å². The van der Waals surface area contributed by atoms with Gasteiger partial charge in [0.2, 0.25) is 0 Å². The lowest BCUT2D eigenvalue weighted by molar-refractivity contribution is -0.139. The van der Waals surface area contributed by atoms with Gasteiger partial charge in [0.15, 0.2) is 9.84 Å². The standard InChI is InChI=1S/C16H14F3NO4S/c17-16(18,19)13-3-1-2-4-14(13)25(23,24)10-9-11-5-7-12(8-6-11)15(21)20-22/h1-8,22H,9-10H2,(H,20,21). The van der Waals surface area contributed by atoms with Gasteiger partial charge in [-0.15, -0.1) is 0 Å². The second-order valence-corrected chi connectivity index (χ2v) is 7.28. The second kappa shape index (κ2) is 7.24. The largest absolute Gasteiger partial charge is 0.417 e. The van der Waals surface area contributed by atoms with Crippen LogP contribution in [0.1, 0.15) is 21.5 Å². The van der Waals surface area contributed by atoms with Crippen LogP contribution < -0.4 is 5.48 Å². The lowest BCUT2D eigenvalue weighted by Gasteiger charge is -2.13. The Labute approximate surface area is 142 Å². The summed E-state index contributed by atoms with van der Waals surface area (Å²) in [5, 5.41) is 8.51. The van der Waals surface area contributed by atoms with Gasteiger partial charge in [-0.05, 0) is 36.2 Å². The first-order chi connectivity index (χ1) is 11.6. The Hall–Kier alpha value is -2.39. The minimum absolute atomic E-state index is 0.0183. The molecule has 0 aromatic heterocycles. The zero-order valence-corrected chi connectivity index (χ0v) is 13.6. The number of amides is 1. The van der Waals surface area contributed by atoms with E-state index in [1.807, 2.05) is 0 Å². The Morgan fingerprint density at radius 3 is 2.20 bits per heavy atom. The first kappa shape index (κ1) is 18.9. The SMILES string of the molecule is O=C(NO)c1ccc(CCS(=O)(=O)c2ccccc2C(F)(F)F)cc1. The lowest BCUT2D eigenvalue weighted by atomic mass is 10.1. The highest BCUT2D eigenvalue weighted by Gasteiger charge is 2.36. The van der Waals surface area contributed by atoms with Crippen molar-refractivity contribution in [3.05, 3.63) is 65.2 Å². The minimum atomic E-state index is -4.76. The smallest absolute Gasteiger partial charge is 0.288 e. The summed E-state index contributed by atoms with van der Waals surface area (Å²) in [4.78, 5) is 10.4. The molecule has 25 heavy (non-hydrogen) atoms. The van der Waals surface area contributed by atoms with E-state index in [0.717, 1.165) is 18.2 Å². The van der Waals surface area contributed by atoms with Crippen molar-refractivity contribution in [2.45, 2.75) is 17.5 Å². The summed E-state index contributed by atoms with van der Waals surface area (Å²) >= 11 is 0. The molecule has 2 aromatic rings. The van der Waals surface area contributed by atoms with Gasteiger partial charge in [-0.2, -0.15) is 13.2 Å². The van der Waals surface area contributed by atoms with Crippen LogP contribution in [0.3, 0.4) is 0 Å². The van der Waals surface area contributed by atoms with E-state index in [1.54, 1.807) is 0 Å². The van der Waals surface area contributed by atoms with Crippen molar-refractivity contribution in [2.24, 2.45) is 0 Å². The van der Waals surface area contributed by atoms with E-state index >= 15 is 0 Å². The summed E-state index contributed by atoms with van der Waals surface area (Å²) in [6, 6.07) is 9.72. The van der Waals surface area contributed by atoms with Crippen molar-refractivity contribution >= 4 is 15.7 Å². The predicted octanol–water partition coefficient (Wildman–Crippen LogP) is 2.84. The van der Waals surface area contributed by atoms with Crippen molar-refractivity contribution in [3.63, 3.8) is 0 Å². The number of halogens is 3. The molecule has 0 aliphatic carbocycles. The molecule has 0 bridgehead atoms. The molecular weight excluding hydrogens is 359 g/mol. The molecule has 0 saturated carbocycles. The van der Waals surface area contributed by atoms with Gasteiger partial charge in [0, 0.05) is 5.56 Å². The van der Waals surface area contributed by atoms with E-state index in [9.17, 15) is 26.4 Å². The third kappa shape index (κ3) is 4.58. The topological polar surface area (TPSA) is 83.5 Å². The maximum atomic E-state index is 13.0. The molecule has 0 unspecified atom stereocenters. The summed E-state index contributed by atoms with van der Waals surface area (Å²) in [5.41, 5.74) is 0.961. The van der Waals surface area contributed by atoms with Crippen LogP contribution in [0.5, 0.6) is 0 Å². The molecule has 0 saturated heterocycles. The lowest BCUT2D eigenvalue weighted by Crippen LogP contribution is -2.18. The van der Waals surface area contributed by atoms with E-state index in [1.165, 1.54) is 35.8 Å². The number of sulfone groups is 1. The van der Waals surface area contributed by atoms with E-state index in [2.05, 4.69) is 0 Å². The molecule has 0 heterocycles. The molecule has 2 aromatic carbocycles. The maximum absolute atomic E-state index is 13.0. The normalized spacial score (nSPS) is 12.0. The number of aryl methyl sites for hydroxylation is 1. The number of benzene rings is 2. The fraction of sp³-hybridized carbons (Fsp3) is 0.188. The Bertz CT molecular complexity index is 862. The van der Waals surface area contributed by atoms with Gasteiger partial charge in [0.05, 0.1) is 16.2 Å². The molecule has 2 rings (SSSR count). The summed E-state index contributed by atoms with van der Waals surface area (Å²) in [7, 11) is -4.14. The Morgan fingerprint density at radius 1 is 1.04 bits per heavy atom. The number of carbonyl (C=O) groups is 1. The fourth-order valence-corrected chi connectivity index (χ4v) is 3.75. The van der Waals surface area contributed by atoms with Gasteiger partial charge >= 0.3 is 6.18 Å². The van der Waals surface area contributed by atoms with Gasteiger partial charge in [-0.1, -0.05) is 24.3 Å². The first-order valence-corrected chi connectivity index (χ1v) is 8.73. The van der Waals surface area contributed by atoms with Crippen molar-refractivity contribution in [3.8, 4) is 0 Å². The third-order valence-electron chi connectivity index (χ3n) is 3.50. The van der Waals surface area contributed by atoms with Crippen LogP contribution in [-0.4, -0.2) is 25.3 Å². The molecule has 9 heteroatoms. The summed E-state index contributed by atoms with van der Waals surface area (Å²) in [5.74, 6) is -1.23. The number of carbonyl (C=O) groups excluding carboxylic acids is 1. The van der Waals surface area contributed by atoms with Crippen LogP contribution >= 0.6 is 0 Å². The van der Waals surface area contributed by atoms with E-state index in [-0.39, 0.29) is 12.0 Å².